The predicted octanol–water partition coefficient (Wildman–Crippen LogP) is 4.70. The van der Waals surface area contributed by atoms with Crippen molar-refractivity contribution in [2.24, 2.45) is 11.8 Å². The Hall–Kier alpha value is -1.11. The Balaban J connectivity index is 3.47. The second-order valence-electron chi connectivity index (χ2n) is 5.90. The Morgan fingerprint density at radius 2 is 1.06 bits per heavy atom. The maximum absolute atomic E-state index is 12.6. The van der Waals surface area contributed by atoms with Crippen molar-refractivity contribution in [2.75, 3.05) is 0 Å². The van der Waals surface area contributed by atoms with Crippen LogP contribution < -0.4 is 0 Å². The van der Waals surface area contributed by atoms with E-state index in [4.69, 9.17) is 0 Å². The summed E-state index contributed by atoms with van der Waals surface area (Å²) in [7, 11) is 0. The summed E-state index contributed by atoms with van der Waals surface area (Å²) in [5.74, 6) is 0.772. The van der Waals surface area contributed by atoms with Crippen molar-refractivity contribution in [3.8, 4) is 0 Å². The van der Waals surface area contributed by atoms with E-state index < -0.39 is 0 Å². The highest BCUT2D eigenvalue weighted by molar-refractivity contribution is 6.01. The van der Waals surface area contributed by atoms with Crippen LogP contribution in [-0.4, -0.2) is 5.78 Å². The molecular formula is C17H26O. The summed E-state index contributed by atoms with van der Waals surface area (Å²) in [4.78, 5) is 12.6. The van der Waals surface area contributed by atoms with Gasteiger partial charge in [0.15, 0.2) is 5.78 Å². The van der Waals surface area contributed by atoms with Crippen LogP contribution in [0.25, 0.3) is 0 Å². The summed E-state index contributed by atoms with van der Waals surface area (Å²) in [6.45, 7) is 16.8. The molecular weight excluding hydrogens is 220 g/mol. The van der Waals surface area contributed by atoms with Crippen LogP contribution in [0.4, 0.5) is 0 Å². The van der Waals surface area contributed by atoms with Gasteiger partial charge < -0.3 is 0 Å². The standard InChI is InChI=1S/C17H26O/c1-9(2)10(3)17(18)16-14(7)12(5)11(4)13(6)15(16)8/h9-10H,1-8H3. The number of ketones is 1. The van der Waals surface area contributed by atoms with E-state index in [-0.39, 0.29) is 5.92 Å². The third kappa shape index (κ3) is 2.36. The molecule has 0 aromatic heterocycles. The molecule has 0 aliphatic rings. The molecule has 1 aromatic carbocycles. The molecule has 0 N–H and O–H groups in total. The predicted molar refractivity (Wildman–Crippen MR) is 78.5 cm³/mol. The molecule has 0 aliphatic carbocycles. The van der Waals surface area contributed by atoms with Gasteiger partial charge in [-0.1, -0.05) is 20.8 Å². The lowest BCUT2D eigenvalue weighted by atomic mass is 9.82. The summed E-state index contributed by atoms with van der Waals surface area (Å²) in [5.41, 5.74) is 7.12. The average Bonchev–Trinajstić information content (AvgIpc) is 2.32. The van der Waals surface area contributed by atoms with Gasteiger partial charge in [-0.25, -0.2) is 0 Å². The van der Waals surface area contributed by atoms with E-state index in [2.05, 4.69) is 48.5 Å². The Morgan fingerprint density at radius 1 is 0.722 bits per heavy atom. The lowest BCUT2D eigenvalue weighted by molar-refractivity contribution is 0.0898. The van der Waals surface area contributed by atoms with Crippen molar-refractivity contribution >= 4 is 5.78 Å². The minimum Gasteiger partial charge on any atom is -0.294 e. The zero-order valence-corrected chi connectivity index (χ0v) is 13.1. The van der Waals surface area contributed by atoms with E-state index >= 15 is 0 Å². The van der Waals surface area contributed by atoms with E-state index in [1.165, 1.54) is 16.7 Å². The van der Waals surface area contributed by atoms with E-state index in [9.17, 15) is 4.79 Å². The number of benzene rings is 1. The highest BCUT2D eigenvalue weighted by Gasteiger charge is 2.24. The molecule has 0 spiro atoms. The first kappa shape index (κ1) is 14.9. The molecule has 0 heterocycles. The van der Waals surface area contributed by atoms with E-state index in [0.29, 0.717) is 11.7 Å². The van der Waals surface area contributed by atoms with Gasteiger partial charge in [0.1, 0.15) is 0 Å². The van der Waals surface area contributed by atoms with Crippen molar-refractivity contribution in [1.82, 2.24) is 0 Å². The fourth-order valence-electron chi connectivity index (χ4n) is 2.40. The van der Waals surface area contributed by atoms with Gasteiger partial charge in [-0.2, -0.15) is 0 Å². The number of rotatable bonds is 3. The molecule has 0 bridgehead atoms. The topological polar surface area (TPSA) is 17.1 Å². The Morgan fingerprint density at radius 3 is 1.39 bits per heavy atom. The molecule has 1 nitrogen and oxygen atoms in total. The molecule has 0 saturated carbocycles. The van der Waals surface area contributed by atoms with Crippen molar-refractivity contribution in [1.29, 1.82) is 0 Å². The van der Waals surface area contributed by atoms with Gasteiger partial charge >= 0.3 is 0 Å². The number of hydrogen-bond donors (Lipinski definition) is 0. The van der Waals surface area contributed by atoms with Gasteiger partial charge in [0.2, 0.25) is 0 Å². The molecule has 1 aromatic rings. The molecule has 18 heavy (non-hydrogen) atoms. The zero-order chi connectivity index (χ0) is 14.2. The summed E-state index contributed by atoms with van der Waals surface area (Å²) in [6.07, 6.45) is 0. The summed E-state index contributed by atoms with van der Waals surface area (Å²) in [5, 5.41) is 0. The first-order valence-corrected chi connectivity index (χ1v) is 6.81. The van der Waals surface area contributed by atoms with Crippen LogP contribution in [0.15, 0.2) is 0 Å². The summed E-state index contributed by atoms with van der Waals surface area (Å²) in [6, 6.07) is 0. The van der Waals surface area contributed by atoms with Crippen LogP contribution in [0.1, 0.15) is 58.9 Å². The highest BCUT2D eigenvalue weighted by atomic mass is 16.1. The highest BCUT2D eigenvalue weighted by Crippen LogP contribution is 2.29. The summed E-state index contributed by atoms with van der Waals surface area (Å²) >= 11 is 0. The molecule has 0 aliphatic heterocycles. The largest absolute Gasteiger partial charge is 0.294 e. The van der Waals surface area contributed by atoms with Gasteiger partial charge in [-0.05, 0) is 68.4 Å². The summed E-state index contributed by atoms with van der Waals surface area (Å²) < 4.78 is 0. The number of carbonyl (C=O) groups excluding carboxylic acids is 1. The van der Waals surface area contributed by atoms with Crippen molar-refractivity contribution in [2.45, 2.75) is 55.4 Å². The molecule has 0 fully saturated rings. The SMILES string of the molecule is Cc1c(C)c(C)c(C(=O)C(C)C(C)C)c(C)c1C. The third-order valence-electron chi connectivity index (χ3n) is 4.66. The first-order chi connectivity index (χ1) is 8.20. The molecule has 1 rings (SSSR count). The van der Waals surface area contributed by atoms with Crippen LogP contribution in [0.5, 0.6) is 0 Å². The fraction of sp³-hybridized carbons (Fsp3) is 0.588. The van der Waals surface area contributed by atoms with E-state index in [1.807, 2.05) is 6.92 Å². The quantitative estimate of drug-likeness (QED) is 0.706. The third-order valence-corrected chi connectivity index (χ3v) is 4.66. The van der Waals surface area contributed by atoms with E-state index in [0.717, 1.165) is 16.7 Å². The second-order valence-corrected chi connectivity index (χ2v) is 5.90. The van der Waals surface area contributed by atoms with Crippen LogP contribution in [-0.2, 0) is 0 Å². The average molecular weight is 246 g/mol. The Kier molecular flexibility index (Phi) is 4.37. The Labute approximate surface area is 112 Å². The molecule has 1 unspecified atom stereocenters. The molecule has 0 amide bonds. The normalized spacial score (nSPS) is 12.9. The molecule has 1 heteroatoms. The lowest BCUT2D eigenvalue weighted by Crippen LogP contribution is -2.20. The maximum atomic E-state index is 12.6. The van der Waals surface area contributed by atoms with Crippen LogP contribution in [0.2, 0.25) is 0 Å². The van der Waals surface area contributed by atoms with Gasteiger partial charge in [0.05, 0.1) is 0 Å². The van der Waals surface area contributed by atoms with Crippen molar-refractivity contribution < 1.29 is 4.79 Å². The molecule has 0 saturated heterocycles. The van der Waals surface area contributed by atoms with Gasteiger partial charge in [-0.3, -0.25) is 4.79 Å². The van der Waals surface area contributed by atoms with Crippen LogP contribution in [0.3, 0.4) is 0 Å². The van der Waals surface area contributed by atoms with Crippen molar-refractivity contribution in [3.05, 3.63) is 33.4 Å². The smallest absolute Gasteiger partial charge is 0.166 e. The van der Waals surface area contributed by atoms with Crippen molar-refractivity contribution in [3.63, 3.8) is 0 Å². The number of hydrogen-bond acceptors (Lipinski definition) is 1. The van der Waals surface area contributed by atoms with Crippen LogP contribution in [0, 0.1) is 46.5 Å². The fourth-order valence-corrected chi connectivity index (χ4v) is 2.40. The minimum absolute atomic E-state index is 0.0870. The van der Waals surface area contributed by atoms with Gasteiger partial charge in [-0.15, -0.1) is 0 Å². The lowest BCUT2D eigenvalue weighted by Gasteiger charge is -2.21. The first-order valence-electron chi connectivity index (χ1n) is 6.81. The van der Waals surface area contributed by atoms with Gasteiger partial charge in [0, 0.05) is 11.5 Å². The van der Waals surface area contributed by atoms with Crippen LogP contribution >= 0.6 is 0 Å². The number of carbonyl (C=O) groups is 1. The second kappa shape index (κ2) is 5.26. The van der Waals surface area contributed by atoms with E-state index in [1.54, 1.807) is 0 Å². The maximum Gasteiger partial charge on any atom is 0.166 e. The monoisotopic (exact) mass is 246 g/mol. The van der Waals surface area contributed by atoms with Gasteiger partial charge in [0.25, 0.3) is 0 Å². The molecule has 100 valence electrons. The number of Topliss-reactive ketones (excluding diaryl/α,β-unsaturated/α-hetero) is 1. The molecule has 1 atom stereocenters. The zero-order valence-electron chi connectivity index (χ0n) is 13.1. The minimum atomic E-state index is 0.0870. The molecule has 0 radical (unpaired) electrons. The Bertz CT molecular complexity index is 452.